The zero-order valence-electron chi connectivity index (χ0n) is 12.6. The molecule has 20 heavy (non-hydrogen) atoms. The van der Waals surface area contributed by atoms with Gasteiger partial charge >= 0.3 is 0 Å². The Morgan fingerprint density at radius 1 is 1.35 bits per heavy atom. The molecule has 1 aromatic carbocycles. The number of rotatable bonds is 4. The summed E-state index contributed by atoms with van der Waals surface area (Å²) in [5, 5.41) is 6.15. The van der Waals surface area contributed by atoms with Gasteiger partial charge in [0, 0.05) is 32.5 Å². The number of benzene rings is 1. The van der Waals surface area contributed by atoms with E-state index in [0.717, 1.165) is 37.3 Å². The Hall–Kier alpha value is -1.55. The van der Waals surface area contributed by atoms with Crippen molar-refractivity contribution in [1.82, 2.24) is 5.32 Å². The lowest BCUT2D eigenvalue weighted by Crippen LogP contribution is -2.39. The first kappa shape index (κ1) is 14.9. The highest BCUT2D eigenvalue weighted by atomic mass is 16.5. The molecule has 0 atom stereocenters. The Morgan fingerprint density at radius 3 is 2.70 bits per heavy atom. The van der Waals surface area contributed by atoms with Gasteiger partial charge in [0.2, 0.25) is 0 Å². The van der Waals surface area contributed by atoms with Gasteiger partial charge in [-0.3, -0.25) is 4.79 Å². The number of hydrogen-bond donors (Lipinski definition) is 2. The van der Waals surface area contributed by atoms with Crippen LogP contribution in [0.1, 0.15) is 35.7 Å². The summed E-state index contributed by atoms with van der Waals surface area (Å²) < 4.78 is 5.39. The molecule has 0 saturated carbocycles. The molecule has 0 radical (unpaired) electrons. The predicted molar refractivity (Wildman–Crippen MR) is 81.2 cm³/mol. The summed E-state index contributed by atoms with van der Waals surface area (Å²) >= 11 is 0. The Labute approximate surface area is 120 Å². The summed E-state index contributed by atoms with van der Waals surface area (Å²) in [5.41, 5.74) is 2.82. The summed E-state index contributed by atoms with van der Waals surface area (Å²) in [6, 6.07) is 5.87. The highest BCUT2D eigenvalue weighted by Gasteiger charge is 2.28. The highest BCUT2D eigenvalue weighted by molar-refractivity contribution is 5.99. The Morgan fingerprint density at radius 2 is 2.05 bits per heavy atom. The van der Waals surface area contributed by atoms with Crippen molar-refractivity contribution in [3.8, 4) is 0 Å². The van der Waals surface area contributed by atoms with Gasteiger partial charge in [-0.15, -0.1) is 0 Å². The minimum absolute atomic E-state index is 0.00855. The van der Waals surface area contributed by atoms with Crippen LogP contribution in [-0.2, 0) is 4.74 Å². The number of anilines is 1. The summed E-state index contributed by atoms with van der Waals surface area (Å²) in [6.07, 6.45) is 2.00. The molecule has 0 spiro atoms. The third kappa shape index (κ3) is 3.51. The molecule has 2 rings (SSSR count). The van der Waals surface area contributed by atoms with Crippen molar-refractivity contribution in [3.63, 3.8) is 0 Å². The lowest BCUT2D eigenvalue weighted by atomic mass is 9.82. The average molecular weight is 276 g/mol. The van der Waals surface area contributed by atoms with Crippen molar-refractivity contribution in [3.05, 3.63) is 29.3 Å². The monoisotopic (exact) mass is 276 g/mol. The van der Waals surface area contributed by atoms with E-state index in [1.54, 1.807) is 0 Å². The van der Waals surface area contributed by atoms with E-state index in [1.165, 1.54) is 0 Å². The highest BCUT2D eigenvalue weighted by Crippen LogP contribution is 2.29. The van der Waals surface area contributed by atoms with Gasteiger partial charge < -0.3 is 15.4 Å². The second-order valence-electron chi connectivity index (χ2n) is 5.90. The quantitative estimate of drug-likeness (QED) is 0.888. The van der Waals surface area contributed by atoms with E-state index >= 15 is 0 Å². The van der Waals surface area contributed by atoms with Gasteiger partial charge in [-0.1, -0.05) is 18.6 Å². The van der Waals surface area contributed by atoms with E-state index in [9.17, 15) is 4.79 Å². The molecule has 0 aliphatic carbocycles. The first-order valence-corrected chi connectivity index (χ1v) is 7.18. The molecule has 1 aromatic rings. The molecule has 1 aliphatic heterocycles. The van der Waals surface area contributed by atoms with Gasteiger partial charge in [0.25, 0.3) is 5.91 Å². The van der Waals surface area contributed by atoms with Crippen molar-refractivity contribution in [1.29, 1.82) is 0 Å². The van der Waals surface area contributed by atoms with Crippen LogP contribution in [0.3, 0.4) is 0 Å². The zero-order chi connectivity index (χ0) is 14.6. The maximum absolute atomic E-state index is 12.4. The molecule has 1 heterocycles. The molecule has 0 aromatic heterocycles. The second kappa shape index (κ2) is 6.27. The lowest BCUT2D eigenvalue weighted by molar-refractivity contribution is 0.0238. The fourth-order valence-corrected chi connectivity index (χ4v) is 2.49. The number of nitrogens with one attached hydrogen (secondary N) is 2. The van der Waals surface area contributed by atoms with E-state index in [2.05, 4.69) is 17.6 Å². The summed E-state index contributed by atoms with van der Waals surface area (Å²) in [6.45, 7) is 6.49. The first-order chi connectivity index (χ1) is 9.54. The summed E-state index contributed by atoms with van der Waals surface area (Å²) in [5.74, 6) is -0.00855. The summed E-state index contributed by atoms with van der Waals surface area (Å²) in [4.78, 5) is 12.4. The number of ether oxygens (including phenoxy) is 1. The fraction of sp³-hybridized carbons (Fsp3) is 0.562. The molecule has 1 aliphatic rings. The van der Waals surface area contributed by atoms with E-state index in [-0.39, 0.29) is 11.3 Å². The van der Waals surface area contributed by atoms with Crippen molar-refractivity contribution in [2.45, 2.75) is 26.7 Å². The van der Waals surface area contributed by atoms with Gasteiger partial charge in [-0.25, -0.2) is 0 Å². The SMILES string of the molecule is CNc1ccc(C)cc1C(=O)NCC1(C)CCOCC1. The molecule has 1 amide bonds. The lowest BCUT2D eigenvalue weighted by Gasteiger charge is -2.33. The Kier molecular flexibility index (Phi) is 4.65. The van der Waals surface area contributed by atoms with E-state index < -0.39 is 0 Å². The van der Waals surface area contributed by atoms with Gasteiger partial charge in [0.1, 0.15) is 0 Å². The van der Waals surface area contributed by atoms with Crippen molar-refractivity contribution in [2.75, 3.05) is 32.1 Å². The predicted octanol–water partition coefficient (Wildman–Crippen LogP) is 2.58. The number of carbonyl (C=O) groups excluding carboxylic acids is 1. The largest absolute Gasteiger partial charge is 0.387 e. The van der Waals surface area contributed by atoms with E-state index in [0.29, 0.717) is 12.1 Å². The van der Waals surface area contributed by atoms with Crippen molar-refractivity contribution < 1.29 is 9.53 Å². The molecule has 1 saturated heterocycles. The minimum Gasteiger partial charge on any atom is -0.387 e. The fourth-order valence-electron chi connectivity index (χ4n) is 2.49. The van der Waals surface area contributed by atoms with Gasteiger partial charge in [0.15, 0.2) is 0 Å². The van der Waals surface area contributed by atoms with Crippen molar-refractivity contribution >= 4 is 11.6 Å². The molecule has 4 heteroatoms. The Bertz CT molecular complexity index is 479. The molecular weight excluding hydrogens is 252 g/mol. The smallest absolute Gasteiger partial charge is 0.253 e. The van der Waals surface area contributed by atoms with Crippen LogP contribution in [0.25, 0.3) is 0 Å². The Balaban J connectivity index is 2.03. The van der Waals surface area contributed by atoms with Crippen LogP contribution in [0.5, 0.6) is 0 Å². The third-order valence-corrected chi connectivity index (χ3v) is 4.06. The van der Waals surface area contributed by atoms with Gasteiger partial charge in [0.05, 0.1) is 5.56 Å². The van der Waals surface area contributed by atoms with Gasteiger partial charge in [-0.2, -0.15) is 0 Å². The third-order valence-electron chi connectivity index (χ3n) is 4.06. The maximum atomic E-state index is 12.4. The minimum atomic E-state index is -0.00855. The van der Waals surface area contributed by atoms with E-state index in [4.69, 9.17) is 4.74 Å². The molecule has 0 unspecified atom stereocenters. The molecular formula is C16H24N2O2. The van der Waals surface area contributed by atoms with Gasteiger partial charge in [-0.05, 0) is 37.3 Å². The number of carbonyl (C=O) groups is 1. The second-order valence-corrected chi connectivity index (χ2v) is 5.90. The number of amides is 1. The number of aryl methyl sites for hydroxylation is 1. The van der Waals surface area contributed by atoms with Crippen LogP contribution in [0.2, 0.25) is 0 Å². The zero-order valence-corrected chi connectivity index (χ0v) is 12.6. The molecule has 4 nitrogen and oxygen atoms in total. The summed E-state index contributed by atoms with van der Waals surface area (Å²) in [7, 11) is 1.83. The first-order valence-electron chi connectivity index (χ1n) is 7.18. The molecule has 110 valence electrons. The molecule has 0 bridgehead atoms. The number of hydrogen-bond acceptors (Lipinski definition) is 3. The topological polar surface area (TPSA) is 50.4 Å². The van der Waals surface area contributed by atoms with Crippen LogP contribution in [-0.4, -0.2) is 32.7 Å². The standard InChI is InChI=1S/C16H24N2O2/c1-12-4-5-14(17-3)13(10-12)15(19)18-11-16(2)6-8-20-9-7-16/h4-5,10,17H,6-9,11H2,1-3H3,(H,18,19). The van der Waals surface area contributed by atoms with Crippen molar-refractivity contribution in [2.24, 2.45) is 5.41 Å². The normalized spacial score (nSPS) is 17.6. The van der Waals surface area contributed by atoms with Crippen LogP contribution in [0.4, 0.5) is 5.69 Å². The average Bonchev–Trinajstić information content (AvgIpc) is 2.45. The molecule has 2 N–H and O–H groups in total. The van der Waals surface area contributed by atoms with E-state index in [1.807, 2.05) is 32.2 Å². The van der Waals surface area contributed by atoms with Crippen LogP contribution >= 0.6 is 0 Å². The van der Waals surface area contributed by atoms with Crippen LogP contribution < -0.4 is 10.6 Å². The van der Waals surface area contributed by atoms with Crippen LogP contribution in [0.15, 0.2) is 18.2 Å². The maximum Gasteiger partial charge on any atom is 0.253 e. The molecule has 1 fully saturated rings. The van der Waals surface area contributed by atoms with Crippen LogP contribution in [0, 0.1) is 12.3 Å².